The maximum atomic E-state index is 12.0. The van der Waals surface area contributed by atoms with Gasteiger partial charge in [0.15, 0.2) is 0 Å². The molecule has 1 unspecified atom stereocenters. The van der Waals surface area contributed by atoms with Crippen molar-refractivity contribution in [1.29, 1.82) is 0 Å². The van der Waals surface area contributed by atoms with Crippen molar-refractivity contribution in [2.45, 2.75) is 45.1 Å². The van der Waals surface area contributed by atoms with Crippen molar-refractivity contribution < 1.29 is 9.53 Å². The number of ether oxygens (including phenoxy) is 1. The summed E-state index contributed by atoms with van der Waals surface area (Å²) >= 11 is 0. The minimum Gasteiger partial charge on any atom is -0.466 e. The summed E-state index contributed by atoms with van der Waals surface area (Å²) in [5.74, 6) is -0.127. The molecule has 110 valence electrons. The average molecular weight is 276 g/mol. The molecule has 1 aliphatic heterocycles. The second-order valence-electron chi connectivity index (χ2n) is 5.54. The lowest BCUT2D eigenvalue weighted by molar-refractivity contribution is -0.146. The van der Waals surface area contributed by atoms with Crippen LogP contribution in [-0.4, -0.2) is 35.5 Å². The van der Waals surface area contributed by atoms with E-state index < -0.39 is 0 Å². The predicted octanol–water partition coefficient (Wildman–Crippen LogP) is 2.74. The van der Waals surface area contributed by atoms with E-state index >= 15 is 0 Å². The maximum Gasteiger partial charge on any atom is 0.307 e. The van der Waals surface area contributed by atoms with Gasteiger partial charge in [-0.3, -0.25) is 14.7 Å². The smallest absolute Gasteiger partial charge is 0.307 e. The van der Waals surface area contributed by atoms with Gasteiger partial charge in [-0.05, 0) is 57.5 Å². The SMILES string of the molecule is CCOC(=O)CC(C)(c1ccncc1)N1CCCCC1. The molecule has 0 N–H and O–H groups in total. The number of carbonyl (C=O) groups excluding carboxylic acids is 1. The van der Waals surface area contributed by atoms with E-state index in [2.05, 4.69) is 16.8 Å². The Bertz CT molecular complexity index is 429. The summed E-state index contributed by atoms with van der Waals surface area (Å²) < 4.78 is 5.17. The Kier molecular flexibility index (Phi) is 5.12. The van der Waals surface area contributed by atoms with Crippen molar-refractivity contribution >= 4 is 5.97 Å². The molecule has 4 nitrogen and oxygen atoms in total. The van der Waals surface area contributed by atoms with Crippen molar-refractivity contribution in [3.8, 4) is 0 Å². The maximum absolute atomic E-state index is 12.0. The summed E-state index contributed by atoms with van der Waals surface area (Å²) in [7, 11) is 0. The molecule has 0 aromatic carbocycles. The number of rotatable bonds is 5. The molecule has 1 aliphatic rings. The third-order valence-electron chi connectivity index (χ3n) is 4.15. The number of hydrogen-bond donors (Lipinski definition) is 0. The van der Waals surface area contributed by atoms with Crippen LogP contribution in [0.3, 0.4) is 0 Å². The molecular formula is C16H24N2O2. The Hall–Kier alpha value is -1.42. The van der Waals surface area contributed by atoms with E-state index in [0.29, 0.717) is 13.0 Å². The number of piperidine rings is 1. The van der Waals surface area contributed by atoms with Crippen molar-refractivity contribution in [3.63, 3.8) is 0 Å². The molecular weight excluding hydrogens is 252 g/mol. The normalized spacial score (nSPS) is 19.3. The Morgan fingerprint density at radius 2 is 1.95 bits per heavy atom. The summed E-state index contributed by atoms with van der Waals surface area (Å²) in [5.41, 5.74) is 0.845. The van der Waals surface area contributed by atoms with E-state index in [-0.39, 0.29) is 11.5 Å². The van der Waals surface area contributed by atoms with E-state index in [1.807, 2.05) is 19.1 Å². The van der Waals surface area contributed by atoms with E-state index in [0.717, 1.165) is 18.7 Å². The molecule has 0 radical (unpaired) electrons. The van der Waals surface area contributed by atoms with Gasteiger partial charge in [-0.25, -0.2) is 0 Å². The number of esters is 1. The monoisotopic (exact) mass is 276 g/mol. The molecule has 0 saturated carbocycles. The fourth-order valence-electron chi connectivity index (χ4n) is 2.99. The van der Waals surface area contributed by atoms with E-state index in [1.165, 1.54) is 19.3 Å². The Balaban J connectivity index is 2.24. The first-order valence-corrected chi connectivity index (χ1v) is 7.48. The zero-order valence-electron chi connectivity index (χ0n) is 12.5. The third kappa shape index (κ3) is 3.37. The minimum absolute atomic E-state index is 0.127. The Labute approximate surface area is 121 Å². The van der Waals surface area contributed by atoms with Gasteiger partial charge in [0.1, 0.15) is 0 Å². The second-order valence-corrected chi connectivity index (χ2v) is 5.54. The molecule has 0 amide bonds. The quantitative estimate of drug-likeness (QED) is 0.776. The van der Waals surface area contributed by atoms with Crippen LogP contribution in [0.25, 0.3) is 0 Å². The summed E-state index contributed by atoms with van der Waals surface area (Å²) in [6.07, 6.45) is 7.66. The van der Waals surface area contributed by atoms with Crippen molar-refractivity contribution in [2.24, 2.45) is 0 Å². The molecule has 1 aromatic rings. The molecule has 2 heterocycles. The van der Waals surface area contributed by atoms with Crippen LogP contribution in [0.4, 0.5) is 0 Å². The number of likely N-dealkylation sites (tertiary alicyclic amines) is 1. The standard InChI is InChI=1S/C16H24N2O2/c1-3-20-15(19)13-16(2,14-7-9-17-10-8-14)18-11-5-4-6-12-18/h7-10H,3-6,11-13H2,1-2H3. The first kappa shape index (κ1) is 15.0. The summed E-state index contributed by atoms with van der Waals surface area (Å²) in [6.45, 7) is 6.51. The highest BCUT2D eigenvalue weighted by Crippen LogP contribution is 2.34. The fourth-order valence-corrected chi connectivity index (χ4v) is 2.99. The zero-order valence-corrected chi connectivity index (χ0v) is 12.5. The van der Waals surface area contributed by atoms with Crippen LogP contribution < -0.4 is 0 Å². The fraction of sp³-hybridized carbons (Fsp3) is 0.625. The number of pyridine rings is 1. The topological polar surface area (TPSA) is 42.4 Å². The lowest BCUT2D eigenvalue weighted by Crippen LogP contribution is -2.48. The van der Waals surface area contributed by atoms with Gasteiger partial charge in [-0.2, -0.15) is 0 Å². The third-order valence-corrected chi connectivity index (χ3v) is 4.15. The van der Waals surface area contributed by atoms with Crippen molar-refractivity contribution in [3.05, 3.63) is 30.1 Å². The molecule has 1 aromatic heterocycles. The minimum atomic E-state index is -0.296. The van der Waals surface area contributed by atoms with Crippen molar-refractivity contribution in [1.82, 2.24) is 9.88 Å². The van der Waals surface area contributed by atoms with Crippen LogP contribution in [0.2, 0.25) is 0 Å². The van der Waals surface area contributed by atoms with Gasteiger partial charge >= 0.3 is 5.97 Å². The molecule has 4 heteroatoms. The van der Waals surface area contributed by atoms with E-state index in [4.69, 9.17) is 4.74 Å². The molecule has 20 heavy (non-hydrogen) atoms. The second kappa shape index (κ2) is 6.84. The van der Waals surface area contributed by atoms with Gasteiger partial charge in [-0.15, -0.1) is 0 Å². The van der Waals surface area contributed by atoms with Crippen LogP contribution in [0.1, 0.15) is 45.1 Å². The molecule has 1 fully saturated rings. The van der Waals surface area contributed by atoms with Crippen LogP contribution in [-0.2, 0) is 15.1 Å². The van der Waals surface area contributed by atoms with Gasteiger partial charge in [-0.1, -0.05) is 6.42 Å². The summed E-state index contributed by atoms with van der Waals surface area (Å²) in [4.78, 5) is 18.5. The highest BCUT2D eigenvalue weighted by atomic mass is 16.5. The largest absolute Gasteiger partial charge is 0.466 e. The summed E-state index contributed by atoms with van der Waals surface area (Å²) in [5, 5.41) is 0. The molecule has 1 atom stereocenters. The highest BCUT2D eigenvalue weighted by molar-refractivity contribution is 5.71. The molecule has 0 spiro atoms. The Morgan fingerprint density at radius 1 is 1.30 bits per heavy atom. The Morgan fingerprint density at radius 3 is 2.55 bits per heavy atom. The average Bonchev–Trinajstić information content (AvgIpc) is 2.49. The van der Waals surface area contributed by atoms with Gasteiger partial charge in [0.2, 0.25) is 0 Å². The van der Waals surface area contributed by atoms with Crippen molar-refractivity contribution in [2.75, 3.05) is 19.7 Å². The van der Waals surface area contributed by atoms with E-state index in [1.54, 1.807) is 12.4 Å². The lowest BCUT2D eigenvalue weighted by Gasteiger charge is -2.43. The lowest BCUT2D eigenvalue weighted by atomic mass is 9.85. The molecule has 1 saturated heterocycles. The van der Waals surface area contributed by atoms with E-state index in [9.17, 15) is 4.79 Å². The van der Waals surface area contributed by atoms with Gasteiger partial charge in [0.05, 0.1) is 18.6 Å². The van der Waals surface area contributed by atoms with Crippen LogP contribution in [0, 0.1) is 0 Å². The van der Waals surface area contributed by atoms with Crippen LogP contribution >= 0.6 is 0 Å². The predicted molar refractivity (Wildman–Crippen MR) is 78.3 cm³/mol. The van der Waals surface area contributed by atoms with Gasteiger partial charge in [0, 0.05) is 12.4 Å². The zero-order chi connectivity index (χ0) is 14.4. The highest BCUT2D eigenvalue weighted by Gasteiger charge is 2.37. The number of carbonyl (C=O) groups is 1. The van der Waals surface area contributed by atoms with Crippen LogP contribution in [0.5, 0.6) is 0 Å². The number of aromatic nitrogens is 1. The molecule has 0 bridgehead atoms. The summed E-state index contributed by atoms with van der Waals surface area (Å²) in [6, 6.07) is 4.02. The first-order valence-electron chi connectivity index (χ1n) is 7.48. The van der Waals surface area contributed by atoms with Gasteiger partial charge in [0.25, 0.3) is 0 Å². The molecule has 2 rings (SSSR count). The number of hydrogen-bond acceptors (Lipinski definition) is 4. The first-order chi connectivity index (χ1) is 9.66. The number of nitrogens with zero attached hydrogens (tertiary/aromatic N) is 2. The van der Waals surface area contributed by atoms with Gasteiger partial charge < -0.3 is 4.74 Å². The molecule has 0 aliphatic carbocycles. The van der Waals surface area contributed by atoms with Crippen LogP contribution in [0.15, 0.2) is 24.5 Å².